The molecule has 0 aliphatic heterocycles. The van der Waals surface area contributed by atoms with E-state index in [0.717, 1.165) is 4.90 Å². The van der Waals surface area contributed by atoms with Crippen LogP contribution in [-0.2, 0) is 41.9 Å². The second kappa shape index (κ2) is 15.1. The molecule has 0 fully saturated rings. The highest BCUT2D eigenvalue weighted by Gasteiger charge is 2.28. The van der Waals surface area contributed by atoms with E-state index in [1.165, 1.54) is 0 Å². The van der Waals surface area contributed by atoms with Gasteiger partial charge in [0.05, 0.1) is 26.2 Å². The van der Waals surface area contributed by atoms with Gasteiger partial charge < -0.3 is 53.0 Å². The summed E-state index contributed by atoms with van der Waals surface area (Å²) in [5, 5.41) is 29.8. The molecular weight excluding hydrogens is 580 g/mol. The van der Waals surface area contributed by atoms with Crippen LogP contribution in [0.25, 0.3) is 0 Å². The normalized spacial score (nSPS) is 10.5. The zero-order valence-corrected chi connectivity index (χ0v) is 22.3. The van der Waals surface area contributed by atoms with Gasteiger partial charge in [0.15, 0.2) is 11.6 Å². The highest BCUT2D eigenvalue weighted by molar-refractivity contribution is 5.91. The zero-order chi connectivity index (χ0) is 32.3. The van der Waals surface area contributed by atoms with E-state index in [1.807, 2.05) is 0 Å². The van der Waals surface area contributed by atoms with E-state index in [4.69, 9.17) is 28.0 Å². The summed E-state index contributed by atoms with van der Waals surface area (Å²) in [7, 11) is 0. The first-order valence-corrected chi connectivity index (χ1v) is 11.8. The van der Waals surface area contributed by atoms with E-state index >= 15 is 0 Å². The summed E-state index contributed by atoms with van der Waals surface area (Å²) in [5.74, 6) is -8.77. The van der Waals surface area contributed by atoms with Gasteiger partial charge in [-0.1, -0.05) is 0 Å². The third-order valence-electron chi connectivity index (χ3n) is 5.01. The number of carbonyl (C=O) groups excluding carboxylic acids is 3. The predicted molar refractivity (Wildman–Crippen MR) is 140 cm³/mol. The van der Waals surface area contributed by atoms with Gasteiger partial charge in [-0.25, -0.2) is 0 Å². The zero-order valence-electron chi connectivity index (χ0n) is 22.3. The fourth-order valence-corrected chi connectivity index (χ4v) is 3.33. The first kappa shape index (κ1) is 33.2. The Balaban J connectivity index is 2.30. The molecule has 0 aromatic carbocycles. The van der Waals surface area contributed by atoms with E-state index < -0.39 is 88.0 Å². The third-order valence-corrected chi connectivity index (χ3v) is 5.01. The summed E-state index contributed by atoms with van der Waals surface area (Å²) >= 11 is 0. The first-order chi connectivity index (χ1) is 20.1. The van der Waals surface area contributed by atoms with E-state index in [9.17, 15) is 39.0 Å². The van der Waals surface area contributed by atoms with Crippen molar-refractivity contribution in [3.63, 3.8) is 0 Å². The highest BCUT2D eigenvalue weighted by Crippen LogP contribution is 2.08. The van der Waals surface area contributed by atoms with Gasteiger partial charge in [0, 0.05) is 0 Å². The van der Waals surface area contributed by atoms with Crippen molar-refractivity contribution in [2.45, 2.75) is 13.1 Å². The van der Waals surface area contributed by atoms with Gasteiger partial charge in [-0.3, -0.25) is 34.1 Å². The molecule has 43 heavy (non-hydrogen) atoms. The van der Waals surface area contributed by atoms with Crippen LogP contribution in [0.15, 0.2) is 0 Å². The Bertz CT molecular complexity index is 1350. The van der Waals surface area contributed by atoms with Gasteiger partial charge in [-0.15, -0.1) is 0 Å². The van der Waals surface area contributed by atoms with Gasteiger partial charge >= 0.3 is 17.9 Å². The maximum absolute atomic E-state index is 13.2. The summed E-state index contributed by atoms with van der Waals surface area (Å²) in [6.07, 6.45) is 0. The summed E-state index contributed by atoms with van der Waals surface area (Å²) in [4.78, 5) is 97.3. The average molecular weight is 609 g/mol. The lowest BCUT2D eigenvalue weighted by molar-refractivity contribution is -0.151. The van der Waals surface area contributed by atoms with Crippen LogP contribution in [0, 0.1) is 0 Å². The second-order valence-corrected chi connectivity index (χ2v) is 8.47. The van der Waals surface area contributed by atoms with Crippen molar-refractivity contribution in [3.05, 3.63) is 11.6 Å². The van der Waals surface area contributed by atoms with E-state index in [-0.39, 0.29) is 35.4 Å². The molecule has 23 heteroatoms. The number of amides is 3. The molecule has 2 aromatic heterocycles. The molecule has 0 atom stereocenters. The number of hydrogen-bond acceptors (Lipinski definition) is 17. The molecule has 0 aliphatic carbocycles. The van der Waals surface area contributed by atoms with E-state index in [1.54, 1.807) is 0 Å². The number of carboxylic acid groups (broad SMARTS) is 3. The minimum absolute atomic E-state index is 0.159. The number of nitrogens with one attached hydrogen (secondary N) is 1. The number of nitrogens with two attached hydrogens (primary N) is 4. The van der Waals surface area contributed by atoms with Crippen LogP contribution in [-0.4, -0.2) is 135 Å². The molecule has 23 nitrogen and oxygen atoms in total. The highest BCUT2D eigenvalue weighted by atomic mass is 16.4. The number of nitrogen functional groups attached to an aromatic ring is 4. The van der Waals surface area contributed by atoms with Crippen molar-refractivity contribution < 1.29 is 44.1 Å². The van der Waals surface area contributed by atoms with Crippen molar-refractivity contribution in [2.75, 3.05) is 62.2 Å². The molecule has 0 bridgehead atoms. The van der Waals surface area contributed by atoms with Crippen molar-refractivity contribution >= 4 is 59.4 Å². The molecule has 2 aromatic rings. The standard InChI is InChI=1S/C20H28N14O9/c21-17-26-9(27-18(22)30-17)3-32(11(35)1-25-2-14(38)39)5-13(37)34(8-16(42)43)6-12(36)33(7-15(40)41)4-10-28-19(23)31-20(24)29-10/h25H,1-8H2,(H,38,39)(H,40,41)(H,42,43)(H4,21,22,26,27,30)(H4,23,24,28,29,31). The number of aliphatic carboxylic acids is 3. The molecule has 0 saturated carbocycles. The van der Waals surface area contributed by atoms with Crippen molar-refractivity contribution in [3.8, 4) is 0 Å². The Labute approximate surface area is 240 Å². The molecule has 0 aliphatic rings. The number of carbonyl (C=O) groups is 6. The maximum Gasteiger partial charge on any atom is 0.323 e. The summed E-state index contributed by atoms with van der Waals surface area (Å²) in [6.45, 7) is -5.94. The number of carboxylic acids is 3. The number of nitrogens with zero attached hydrogens (tertiary/aromatic N) is 9. The lowest BCUT2D eigenvalue weighted by Gasteiger charge is -2.28. The first-order valence-electron chi connectivity index (χ1n) is 11.8. The minimum Gasteiger partial charge on any atom is -0.480 e. The van der Waals surface area contributed by atoms with Crippen LogP contribution in [0.2, 0.25) is 0 Å². The van der Waals surface area contributed by atoms with E-state index in [2.05, 4.69) is 35.2 Å². The molecule has 3 amide bonds. The summed E-state index contributed by atoms with van der Waals surface area (Å²) < 4.78 is 0. The quantitative estimate of drug-likeness (QED) is 0.0879. The van der Waals surface area contributed by atoms with Crippen LogP contribution in [0.3, 0.4) is 0 Å². The van der Waals surface area contributed by atoms with Crippen LogP contribution < -0.4 is 28.3 Å². The smallest absolute Gasteiger partial charge is 0.323 e. The molecule has 0 unspecified atom stereocenters. The third kappa shape index (κ3) is 11.6. The Morgan fingerprint density at radius 3 is 1.30 bits per heavy atom. The molecule has 2 rings (SSSR count). The van der Waals surface area contributed by atoms with Crippen LogP contribution >= 0.6 is 0 Å². The van der Waals surface area contributed by atoms with E-state index in [0.29, 0.717) is 9.80 Å². The van der Waals surface area contributed by atoms with Gasteiger partial charge in [-0.2, -0.15) is 29.9 Å². The fraction of sp³-hybridized carbons (Fsp3) is 0.400. The van der Waals surface area contributed by atoms with Crippen molar-refractivity contribution in [1.29, 1.82) is 0 Å². The van der Waals surface area contributed by atoms with Crippen LogP contribution in [0.1, 0.15) is 11.6 Å². The Morgan fingerprint density at radius 2 is 0.884 bits per heavy atom. The Kier molecular flexibility index (Phi) is 11.7. The molecule has 2 heterocycles. The molecule has 0 saturated heterocycles. The number of anilines is 4. The minimum atomic E-state index is -1.54. The largest absolute Gasteiger partial charge is 0.480 e. The van der Waals surface area contributed by atoms with Gasteiger partial charge in [0.25, 0.3) is 0 Å². The number of hydrogen-bond donors (Lipinski definition) is 8. The van der Waals surface area contributed by atoms with Crippen LogP contribution in [0.4, 0.5) is 23.8 Å². The molecule has 12 N–H and O–H groups in total. The monoisotopic (exact) mass is 608 g/mol. The fourth-order valence-electron chi connectivity index (χ4n) is 3.33. The Morgan fingerprint density at radius 1 is 0.512 bits per heavy atom. The van der Waals surface area contributed by atoms with Gasteiger partial charge in [0.2, 0.25) is 41.5 Å². The van der Waals surface area contributed by atoms with Gasteiger partial charge in [-0.05, 0) is 0 Å². The average Bonchev–Trinajstić information content (AvgIpc) is 2.85. The van der Waals surface area contributed by atoms with Gasteiger partial charge in [0.1, 0.15) is 26.2 Å². The SMILES string of the molecule is Nc1nc(N)nc(CN(CC(=O)O)C(=O)CN(CC(=O)O)C(=O)CN(Cc2nc(N)nc(N)n2)C(=O)CNCC(=O)O)n1. The van der Waals surface area contributed by atoms with Crippen molar-refractivity contribution in [1.82, 2.24) is 49.9 Å². The predicted octanol–water partition coefficient (Wildman–Crippen LogP) is -5.59. The second-order valence-electron chi connectivity index (χ2n) is 8.47. The summed E-state index contributed by atoms with van der Waals surface area (Å²) in [5.41, 5.74) is 22.1. The number of rotatable bonds is 16. The lowest BCUT2D eigenvalue weighted by atomic mass is 10.3. The molecule has 0 radical (unpaired) electrons. The molecule has 232 valence electrons. The number of aromatic nitrogens is 6. The van der Waals surface area contributed by atoms with Crippen LogP contribution in [0.5, 0.6) is 0 Å². The topological polar surface area (TPSA) is 366 Å². The maximum atomic E-state index is 13.2. The lowest BCUT2D eigenvalue weighted by Crippen LogP contribution is -2.50. The van der Waals surface area contributed by atoms with Crippen molar-refractivity contribution in [2.24, 2.45) is 0 Å². The Hall–Kier alpha value is -6.00. The molecular formula is C20H28N14O9. The summed E-state index contributed by atoms with van der Waals surface area (Å²) in [6, 6.07) is 0. The molecule has 0 spiro atoms.